The first-order valence-corrected chi connectivity index (χ1v) is 8.83. The Morgan fingerprint density at radius 3 is 2.48 bits per heavy atom. The van der Waals surface area contributed by atoms with Crippen LogP contribution in [0.25, 0.3) is 0 Å². The van der Waals surface area contributed by atoms with Gasteiger partial charge in [-0.3, -0.25) is 9.69 Å². The number of hydrogen-bond donors (Lipinski definition) is 1. The fraction of sp³-hybridized carbons (Fsp3) is 0.526. The van der Waals surface area contributed by atoms with E-state index >= 15 is 0 Å². The molecule has 1 aromatic carbocycles. The van der Waals surface area contributed by atoms with E-state index in [0.29, 0.717) is 17.7 Å². The summed E-state index contributed by atoms with van der Waals surface area (Å²) in [5.41, 5.74) is 1.09. The van der Waals surface area contributed by atoms with Crippen LogP contribution >= 0.6 is 0 Å². The number of carbonyl (C=O) groups is 1. The van der Waals surface area contributed by atoms with Crippen molar-refractivity contribution < 1.29 is 9.21 Å². The summed E-state index contributed by atoms with van der Waals surface area (Å²) < 4.78 is 5.52. The van der Waals surface area contributed by atoms with E-state index in [9.17, 15) is 4.79 Å². The van der Waals surface area contributed by atoms with Crippen LogP contribution < -0.4 is 5.32 Å². The normalized spacial score (nSPS) is 25.6. The van der Waals surface area contributed by atoms with Gasteiger partial charge in [-0.25, -0.2) is 0 Å². The van der Waals surface area contributed by atoms with E-state index in [1.165, 1.54) is 5.56 Å². The average molecular weight is 340 g/mol. The molecule has 1 N–H and O–H groups in total. The maximum absolute atomic E-state index is 12.3. The second-order valence-electron chi connectivity index (χ2n) is 8.17. The number of nitrogens with zero attached hydrogens (tertiary/aromatic N) is 3. The van der Waals surface area contributed by atoms with Crippen LogP contribution in [0.2, 0.25) is 0 Å². The molecular weight excluding hydrogens is 316 g/mol. The lowest BCUT2D eigenvalue weighted by molar-refractivity contribution is 0.0904. The molecule has 3 atom stereocenters. The van der Waals surface area contributed by atoms with Gasteiger partial charge in [0.1, 0.15) is 0 Å². The number of hydrogen-bond acceptors (Lipinski definition) is 5. The van der Waals surface area contributed by atoms with Crippen molar-refractivity contribution in [2.24, 2.45) is 11.8 Å². The third-order valence-corrected chi connectivity index (χ3v) is 5.08. The number of amides is 1. The Kier molecular flexibility index (Phi) is 3.87. The molecule has 1 aliphatic carbocycles. The van der Waals surface area contributed by atoms with Gasteiger partial charge in [0, 0.05) is 31.1 Å². The zero-order valence-corrected chi connectivity index (χ0v) is 14.9. The number of rotatable bonds is 4. The van der Waals surface area contributed by atoms with Crippen molar-refractivity contribution >= 4 is 5.91 Å². The highest BCUT2D eigenvalue weighted by atomic mass is 16.4. The predicted molar refractivity (Wildman–Crippen MR) is 93.0 cm³/mol. The highest BCUT2D eigenvalue weighted by molar-refractivity contribution is 5.90. The Balaban J connectivity index is 1.29. The molecule has 0 spiro atoms. The van der Waals surface area contributed by atoms with Crippen molar-refractivity contribution in [2.45, 2.75) is 38.8 Å². The molecule has 0 bridgehead atoms. The molecule has 2 fully saturated rings. The Bertz CT molecular complexity index is 753. The molecule has 4 rings (SSSR count). The van der Waals surface area contributed by atoms with Crippen LogP contribution in [-0.2, 0) is 12.0 Å². The molecule has 1 saturated heterocycles. The molecule has 132 valence electrons. The maximum atomic E-state index is 12.3. The van der Waals surface area contributed by atoms with Crippen molar-refractivity contribution in [1.29, 1.82) is 0 Å². The van der Waals surface area contributed by atoms with Gasteiger partial charge in [0.05, 0.1) is 0 Å². The quantitative estimate of drug-likeness (QED) is 0.924. The lowest BCUT2D eigenvalue weighted by Crippen LogP contribution is -2.34. The Labute approximate surface area is 147 Å². The molecule has 25 heavy (non-hydrogen) atoms. The van der Waals surface area contributed by atoms with Crippen LogP contribution in [0, 0.1) is 11.8 Å². The molecule has 1 aromatic heterocycles. The molecule has 0 radical (unpaired) electrons. The summed E-state index contributed by atoms with van der Waals surface area (Å²) in [5.74, 6) is 1.38. The van der Waals surface area contributed by atoms with E-state index in [2.05, 4.69) is 44.7 Å². The van der Waals surface area contributed by atoms with Crippen LogP contribution in [0.5, 0.6) is 0 Å². The highest BCUT2D eigenvalue weighted by Crippen LogP contribution is 2.45. The van der Waals surface area contributed by atoms with E-state index < -0.39 is 0 Å². The standard InChI is InChI=1S/C19H24N4O2/c1-19(2,3)18-22-21-17(25-18)16(24)20-15-13-10-23(11-14(13)15)9-12-7-5-4-6-8-12/h4-8,13-15H,9-11H2,1-3H3,(H,20,24)/t13-,14+,15?. The smallest absolute Gasteiger partial charge is 0.309 e. The molecular formula is C19H24N4O2. The SMILES string of the molecule is CC(C)(C)c1nnc(C(=O)NC2[C@H]3CN(Cc4ccccc4)C[C@@H]23)o1. The van der Waals surface area contributed by atoms with Gasteiger partial charge in [-0.2, -0.15) is 0 Å². The summed E-state index contributed by atoms with van der Waals surface area (Å²) in [7, 11) is 0. The minimum atomic E-state index is -0.253. The topological polar surface area (TPSA) is 71.3 Å². The number of likely N-dealkylation sites (tertiary alicyclic amines) is 1. The zero-order chi connectivity index (χ0) is 17.6. The van der Waals surface area contributed by atoms with Crippen LogP contribution in [0.15, 0.2) is 34.7 Å². The lowest BCUT2D eigenvalue weighted by atomic mass is 9.97. The number of fused-ring (bicyclic) bond motifs is 1. The summed E-state index contributed by atoms with van der Waals surface area (Å²) in [5, 5.41) is 10.9. The molecule has 2 aliphatic rings. The lowest BCUT2D eigenvalue weighted by Gasteiger charge is -2.19. The second kappa shape index (κ2) is 5.95. The Hall–Kier alpha value is -2.21. The van der Waals surface area contributed by atoms with Crippen LogP contribution in [0.1, 0.15) is 42.9 Å². The first-order valence-electron chi connectivity index (χ1n) is 8.83. The monoisotopic (exact) mass is 340 g/mol. The largest absolute Gasteiger partial charge is 0.416 e. The third-order valence-electron chi connectivity index (χ3n) is 5.08. The van der Waals surface area contributed by atoms with E-state index in [1.807, 2.05) is 26.8 Å². The van der Waals surface area contributed by atoms with Gasteiger partial charge >= 0.3 is 11.8 Å². The molecule has 1 unspecified atom stereocenters. The molecule has 2 heterocycles. The third kappa shape index (κ3) is 3.31. The molecule has 6 nitrogen and oxygen atoms in total. The molecule has 1 aliphatic heterocycles. The van der Waals surface area contributed by atoms with Crippen molar-refractivity contribution in [3.63, 3.8) is 0 Å². The number of benzene rings is 1. The summed E-state index contributed by atoms with van der Waals surface area (Å²) >= 11 is 0. The number of aromatic nitrogens is 2. The van der Waals surface area contributed by atoms with Crippen molar-refractivity contribution in [3.05, 3.63) is 47.7 Å². The van der Waals surface area contributed by atoms with E-state index in [0.717, 1.165) is 19.6 Å². The molecule has 6 heteroatoms. The van der Waals surface area contributed by atoms with Gasteiger partial charge in [0.2, 0.25) is 5.89 Å². The molecule has 1 saturated carbocycles. The minimum Gasteiger partial charge on any atom is -0.416 e. The van der Waals surface area contributed by atoms with Crippen LogP contribution in [0.3, 0.4) is 0 Å². The van der Waals surface area contributed by atoms with Gasteiger partial charge in [-0.15, -0.1) is 10.2 Å². The van der Waals surface area contributed by atoms with Crippen LogP contribution in [-0.4, -0.2) is 40.1 Å². The maximum Gasteiger partial charge on any atom is 0.309 e. The summed E-state index contributed by atoms with van der Waals surface area (Å²) in [6.07, 6.45) is 0. The zero-order valence-electron chi connectivity index (χ0n) is 14.9. The summed E-state index contributed by atoms with van der Waals surface area (Å²) in [6, 6.07) is 10.7. The Morgan fingerprint density at radius 1 is 1.20 bits per heavy atom. The van der Waals surface area contributed by atoms with Gasteiger partial charge < -0.3 is 9.73 Å². The fourth-order valence-electron chi connectivity index (χ4n) is 3.63. The predicted octanol–water partition coefficient (Wildman–Crippen LogP) is 2.23. The minimum absolute atomic E-state index is 0.0658. The first kappa shape index (κ1) is 16.3. The molecule has 2 aromatic rings. The van der Waals surface area contributed by atoms with Crippen molar-refractivity contribution in [1.82, 2.24) is 20.4 Å². The average Bonchev–Trinajstić information content (AvgIpc) is 3.00. The van der Waals surface area contributed by atoms with E-state index in [-0.39, 0.29) is 23.3 Å². The van der Waals surface area contributed by atoms with Crippen molar-refractivity contribution in [2.75, 3.05) is 13.1 Å². The second-order valence-corrected chi connectivity index (χ2v) is 8.17. The first-order chi connectivity index (χ1) is 11.9. The van der Waals surface area contributed by atoms with E-state index in [4.69, 9.17) is 4.42 Å². The highest BCUT2D eigenvalue weighted by Gasteiger charge is 2.56. The fourth-order valence-corrected chi connectivity index (χ4v) is 3.63. The van der Waals surface area contributed by atoms with E-state index in [1.54, 1.807) is 0 Å². The van der Waals surface area contributed by atoms with Gasteiger partial charge in [-0.1, -0.05) is 51.1 Å². The van der Waals surface area contributed by atoms with Crippen LogP contribution in [0.4, 0.5) is 0 Å². The van der Waals surface area contributed by atoms with Gasteiger partial charge in [0.25, 0.3) is 0 Å². The van der Waals surface area contributed by atoms with Gasteiger partial charge in [-0.05, 0) is 17.4 Å². The van der Waals surface area contributed by atoms with Gasteiger partial charge in [0.15, 0.2) is 0 Å². The number of carbonyl (C=O) groups excluding carboxylic acids is 1. The van der Waals surface area contributed by atoms with Crippen molar-refractivity contribution in [3.8, 4) is 0 Å². The number of piperidine rings is 1. The summed E-state index contributed by atoms with van der Waals surface area (Å²) in [6.45, 7) is 8.98. The molecule has 1 amide bonds. The summed E-state index contributed by atoms with van der Waals surface area (Å²) in [4.78, 5) is 14.8. The number of nitrogens with one attached hydrogen (secondary N) is 1. The Morgan fingerprint density at radius 2 is 1.88 bits per heavy atom.